The summed E-state index contributed by atoms with van der Waals surface area (Å²) in [7, 11) is -4.02. The molecule has 25 heavy (non-hydrogen) atoms. The number of benzene rings is 1. The molecule has 134 valence electrons. The molecule has 9 heteroatoms. The van der Waals surface area contributed by atoms with Crippen molar-refractivity contribution in [1.29, 1.82) is 0 Å². The highest BCUT2D eigenvalue weighted by atomic mass is 32.2. The van der Waals surface area contributed by atoms with Crippen LogP contribution in [-0.4, -0.2) is 38.3 Å². The van der Waals surface area contributed by atoms with E-state index < -0.39 is 22.6 Å². The van der Waals surface area contributed by atoms with Crippen LogP contribution in [0.25, 0.3) is 0 Å². The van der Waals surface area contributed by atoms with Crippen molar-refractivity contribution in [2.24, 2.45) is 5.14 Å². The van der Waals surface area contributed by atoms with Gasteiger partial charge in [0.05, 0.1) is 0 Å². The summed E-state index contributed by atoms with van der Waals surface area (Å²) in [6, 6.07) is 10.6. The van der Waals surface area contributed by atoms with Gasteiger partial charge in [-0.1, -0.05) is 30.3 Å². The molecule has 0 fully saturated rings. The minimum absolute atomic E-state index is 0.138. The molecule has 0 bridgehead atoms. The number of carbonyl (C=O) groups excluding carboxylic acids is 2. The van der Waals surface area contributed by atoms with Crippen molar-refractivity contribution >= 4 is 33.2 Å². The normalized spacial score (nSPS) is 11.1. The van der Waals surface area contributed by atoms with Crippen LogP contribution < -0.4 is 5.14 Å². The lowest BCUT2D eigenvalue weighted by Crippen LogP contribution is -2.34. The maximum atomic E-state index is 12.2. The van der Waals surface area contributed by atoms with Crippen LogP contribution in [-0.2, 0) is 26.1 Å². The maximum absolute atomic E-state index is 12.2. The van der Waals surface area contributed by atoms with Gasteiger partial charge in [0.2, 0.25) is 10.0 Å². The molecule has 0 radical (unpaired) electrons. The Labute approximate surface area is 150 Å². The molecule has 0 saturated heterocycles. The number of nitrogens with zero attached hydrogens (tertiary/aromatic N) is 1. The number of sulfonamides is 1. The monoisotopic (exact) mass is 382 g/mol. The molecule has 0 aliphatic rings. The van der Waals surface area contributed by atoms with Crippen LogP contribution in [0.4, 0.5) is 0 Å². The molecule has 0 atom stereocenters. The highest BCUT2D eigenvalue weighted by Crippen LogP contribution is 2.21. The van der Waals surface area contributed by atoms with Gasteiger partial charge in [-0.15, -0.1) is 11.3 Å². The molecule has 1 aromatic carbocycles. The number of nitrogens with two attached hydrogens (primary N) is 1. The smallest absolute Gasteiger partial charge is 0.350 e. The molecule has 0 saturated carbocycles. The summed E-state index contributed by atoms with van der Waals surface area (Å²) in [4.78, 5) is 25.4. The van der Waals surface area contributed by atoms with Gasteiger partial charge in [0.25, 0.3) is 5.91 Å². The highest BCUT2D eigenvalue weighted by Gasteiger charge is 2.23. The largest absolute Gasteiger partial charge is 0.451 e. The quantitative estimate of drug-likeness (QED) is 0.732. The second-order valence-electron chi connectivity index (χ2n) is 5.13. The van der Waals surface area contributed by atoms with Gasteiger partial charge in [-0.05, 0) is 23.9 Å². The fraction of sp³-hybridized carbons (Fsp3) is 0.250. The van der Waals surface area contributed by atoms with Crippen LogP contribution in [0.3, 0.4) is 0 Å². The number of hydrogen-bond donors (Lipinski definition) is 1. The number of likely N-dealkylation sites (N-methyl/N-ethyl adjacent to an activating group) is 1. The summed E-state index contributed by atoms with van der Waals surface area (Å²) in [5.41, 5.74) is 0.957. The van der Waals surface area contributed by atoms with Gasteiger partial charge in [-0.3, -0.25) is 4.79 Å². The molecule has 1 aromatic heterocycles. The first-order chi connectivity index (χ1) is 11.8. The molecule has 0 aliphatic carbocycles. The predicted octanol–water partition coefficient (Wildman–Crippen LogP) is 1.60. The van der Waals surface area contributed by atoms with E-state index >= 15 is 0 Å². The average Bonchev–Trinajstić information content (AvgIpc) is 3.08. The molecule has 2 N–H and O–H groups in total. The number of carbonyl (C=O) groups is 2. The highest BCUT2D eigenvalue weighted by molar-refractivity contribution is 7.89. The van der Waals surface area contributed by atoms with Gasteiger partial charge in [0.1, 0.15) is 9.77 Å². The summed E-state index contributed by atoms with van der Waals surface area (Å²) in [5.74, 6) is -1.25. The Morgan fingerprint density at radius 2 is 1.88 bits per heavy atom. The topological polar surface area (TPSA) is 107 Å². The van der Waals surface area contributed by atoms with E-state index in [1.807, 2.05) is 37.3 Å². The van der Waals surface area contributed by atoms with Crippen LogP contribution in [0.15, 0.2) is 46.7 Å². The summed E-state index contributed by atoms with van der Waals surface area (Å²) in [6.45, 7) is 2.20. The van der Waals surface area contributed by atoms with E-state index in [1.54, 1.807) is 0 Å². The Morgan fingerprint density at radius 3 is 2.48 bits per heavy atom. The summed E-state index contributed by atoms with van der Waals surface area (Å²) in [6.07, 6.45) is 0. The number of hydrogen-bond acceptors (Lipinski definition) is 6. The van der Waals surface area contributed by atoms with E-state index in [4.69, 9.17) is 9.88 Å². The van der Waals surface area contributed by atoms with Crippen molar-refractivity contribution in [3.05, 3.63) is 52.2 Å². The third-order valence-corrected chi connectivity index (χ3v) is 5.38. The molecular formula is C16H18N2O5S2. The number of primary sulfonamides is 1. The van der Waals surface area contributed by atoms with Crippen LogP contribution >= 0.6 is 11.3 Å². The maximum Gasteiger partial charge on any atom is 0.350 e. The molecule has 2 rings (SSSR count). The van der Waals surface area contributed by atoms with Gasteiger partial charge in [0, 0.05) is 13.1 Å². The number of ether oxygens (including phenoxy) is 1. The van der Waals surface area contributed by atoms with Gasteiger partial charge in [-0.2, -0.15) is 0 Å². The first kappa shape index (κ1) is 19.1. The van der Waals surface area contributed by atoms with Crippen LogP contribution in [0.5, 0.6) is 0 Å². The zero-order valence-corrected chi connectivity index (χ0v) is 15.2. The summed E-state index contributed by atoms with van der Waals surface area (Å²) >= 11 is 0.894. The molecule has 0 aliphatic heterocycles. The number of thiophene rings is 1. The van der Waals surface area contributed by atoms with Gasteiger partial charge in [-0.25, -0.2) is 18.4 Å². The van der Waals surface area contributed by atoms with Gasteiger partial charge < -0.3 is 9.64 Å². The molecule has 7 nitrogen and oxygen atoms in total. The van der Waals surface area contributed by atoms with Crippen molar-refractivity contribution in [1.82, 2.24) is 4.90 Å². The van der Waals surface area contributed by atoms with E-state index in [9.17, 15) is 18.0 Å². The fourth-order valence-electron chi connectivity index (χ4n) is 2.13. The van der Waals surface area contributed by atoms with Crippen LogP contribution in [0.2, 0.25) is 0 Å². The Hall–Kier alpha value is -2.23. The lowest BCUT2D eigenvalue weighted by molar-refractivity contribution is -0.134. The van der Waals surface area contributed by atoms with Crippen molar-refractivity contribution in [2.45, 2.75) is 18.4 Å². The molecule has 1 amide bonds. The van der Waals surface area contributed by atoms with Crippen molar-refractivity contribution in [2.75, 3.05) is 13.2 Å². The Morgan fingerprint density at radius 1 is 1.20 bits per heavy atom. The molecule has 2 aromatic rings. The van der Waals surface area contributed by atoms with E-state index in [0.29, 0.717) is 13.1 Å². The van der Waals surface area contributed by atoms with Crippen LogP contribution in [0.1, 0.15) is 22.2 Å². The van der Waals surface area contributed by atoms with E-state index in [1.165, 1.54) is 16.3 Å². The zero-order valence-electron chi connectivity index (χ0n) is 13.5. The number of esters is 1. The molecule has 0 unspecified atom stereocenters. The first-order valence-corrected chi connectivity index (χ1v) is 9.84. The third kappa shape index (κ3) is 5.12. The van der Waals surface area contributed by atoms with Crippen LogP contribution in [0, 0.1) is 0 Å². The Kier molecular flexibility index (Phi) is 6.29. The second kappa shape index (κ2) is 8.24. The minimum Gasteiger partial charge on any atom is -0.451 e. The lowest BCUT2D eigenvalue weighted by Gasteiger charge is -2.20. The first-order valence-electron chi connectivity index (χ1n) is 7.42. The van der Waals surface area contributed by atoms with Gasteiger partial charge in [0.15, 0.2) is 6.61 Å². The van der Waals surface area contributed by atoms with E-state index in [2.05, 4.69) is 0 Å². The van der Waals surface area contributed by atoms with Crippen molar-refractivity contribution in [3.8, 4) is 0 Å². The standard InChI is InChI=1S/C16H18N2O5S2/c1-2-18(10-12-6-4-3-5-7-12)14(19)11-23-16(20)15-13(8-9-24-15)25(17,21)22/h3-9H,2,10-11H2,1H3,(H2,17,21,22). The minimum atomic E-state index is -4.02. The summed E-state index contributed by atoms with van der Waals surface area (Å²) < 4.78 is 27.8. The predicted molar refractivity (Wildman–Crippen MR) is 93.5 cm³/mol. The molecule has 0 spiro atoms. The van der Waals surface area contributed by atoms with Crippen molar-refractivity contribution in [3.63, 3.8) is 0 Å². The van der Waals surface area contributed by atoms with Gasteiger partial charge >= 0.3 is 5.97 Å². The fourth-order valence-corrected chi connectivity index (χ4v) is 3.99. The molecular weight excluding hydrogens is 364 g/mol. The Balaban J connectivity index is 1.99. The lowest BCUT2D eigenvalue weighted by atomic mass is 10.2. The van der Waals surface area contributed by atoms with E-state index in [-0.39, 0.29) is 15.7 Å². The number of amides is 1. The van der Waals surface area contributed by atoms with E-state index in [0.717, 1.165) is 16.9 Å². The Bertz CT molecular complexity index is 846. The second-order valence-corrected chi connectivity index (χ2v) is 7.57. The van der Waals surface area contributed by atoms with Crippen molar-refractivity contribution < 1.29 is 22.7 Å². The third-order valence-electron chi connectivity index (χ3n) is 3.40. The zero-order chi connectivity index (χ0) is 18.4. The number of rotatable bonds is 7. The summed E-state index contributed by atoms with van der Waals surface area (Å²) in [5, 5.41) is 6.47. The molecule has 1 heterocycles. The average molecular weight is 382 g/mol. The SMILES string of the molecule is CCN(Cc1ccccc1)C(=O)COC(=O)c1sccc1S(N)(=O)=O.